The molecule has 0 atom stereocenters. The van der Waals surface area contributed by atoms with Crippen LogP contribution >= 0.6 is 0 Å². The molecule has 26 heavy (non-hydrogen) atoms. The van der Waals surface area contributed by atoms with Crippen LogP contribution < -0.4 is 4.74 Å². The van der Waals surface area contributed by atoms with E-state index in [9.17, 15) is 4.39 Å². The molecule has 0 unspecified atom stereocenters. The summed E-state index contributed by atoms with van der Waals surface area (Å²) in [5.74, 6) is 1.47. The van der Waals surface area contributed by atoms with Crippen LogP contribution in [0.5, 0.6) is 5.75 Å². The summed E-state index contributed by atoms with van der Waals surface area (Å²) in [5, 5.41) is 0. The van der Waals surface area contributed by atoms with Crippen LogP contribution in [0.2, 0.25) is 0 Å². The second kappa shape index (κ2) is 6.84. The molecule has 0 saturated heterocycles. The normalized spacial score (nSPS) is 10.7. The summed E-state index contributed by atoms with van der Waals surface area (Å²) in [7, 11) is 1.59. The number of aromatic nitrogens is 1. The highest BCUT2D eigenvalue weighted by Crippen LogP contribution is 2.39. The van der Waals surface area contributed by atoms with Crippen molar-refractivity contribution in [2.24, 2.45) is 0 Å². The molecule has 0 amide bonds. The second-order valence-electron chi connectivity index (χ2n) is 5.79. The number of methoxy groups -OCH3 is 1. The van der Waals surface area contributed by atoms with Crippen molar-refractivity contribution >= 4 is 0 Å². The van der Waals surface area contributed by atoms with Crippen LogP contribution in [0.4, 0.5) is 4.39 Å². The molecule has 0 N–H and O–H groups in total. The van der Waals surface area contributed by atoms with Crippen molar-refractivity contribution in [3.63, 3.8) is 0 Å². The maximum absolute atomic E-state index is 13.6. The molecule has 0 radical (unpaired) electrons. The van der Waals surface area contributed by atoms with Crippen LogP contribution in [0.3, 0.4) is 0 Å². The molecular weight excluding hydrogens is 329 g/mol. The highest BCUT2D eigenvalue weighted by atomic mass is 19.1. The predicted molar refractivity (Wildman–Crippen MR) is 99.3 cm³/mol. The molecule has 0 aliphatic rings. The van der Waals surface area contributed by atoms with Crippen molar-refractivity contribution in [1.29, 1.82) is 0 Å². The van der Waals surface area contributed by atoms with Gasteiger partial charge in [-0.3, -0.25) is 0 Å². The van der Waals surface area contributed by atoms with E-state index in [4.69, 9.17) is 9.15 Å². The van der Waals surface area contributed by atoms with Crippen molar-refractivity contribution in [2.45, 2.75) is 0 Å². The van der Waals surface area contributed by atoms with Gasteiger partial charge in [0.05, 0.1) is 18.9 Å². The molecule has 4 rings (SSSR count). The van der Waals surface area contributed by atoms with E-state index < -0.39 is 0 Å². The lowest BCUT2D eigenvalue weighted by Crippen LogP contribution is -1.91. The molecule has 3 aromatic carbocycles. The number of ether oxygens (including phenoxy) is 1. The van der Waals surface area contributed by atoms with Crippen molar-refractivity contribution in [2.75, 3.05) is 7.11 Å². The third-order valence-electron chi connectivity index (χ3n) is 4.15. The fourth-order valence-electron chi connectivity index (χ4n) is 2.95. The average Bonchev–Trinajstić information content (AvgIpc) is 3.18. The molecule has 4 heteroatoms. The lowest BCUT2D eigenvalue weighted by molar-refractivity contribution is 0.416. The van der Waals surface area contributed by atoms with Gasteiger partial charge in [-0.25, -0.2) is 9.37 Å². The zero-order valence-corrected chi connectivity index (χ0v) is 14.1. The highest BCUT2D eigenvalue weighted by Gasteiger charge is 2.16. The van der Waals surface area contributed by atoms with Gasteiger partial charge in [0.25, 0.3) is 0 Å². The third-order valence-corrected chi connectivity index (χ3v) is 4.15. The minimum absolute atomic E-state index is 0.291. The summed E-state index contributed by atoms with van der Waals surface area (Å²) in [5.41, 5.74) is 3.21. The Hall–Kier alpha value is -3.40. The number of hydrogen-bond acceptors (Lipinski definition) is 3. The van der Waals surface area contributed by atoms with Gasteiger partial charge in [0.15, 0.2) is 5.76 Å². The number of benzene rings is 3. The maximum atomic E-state index is 13.6. The topological polar surface area (TPSA) is 35.3 Å². The van der Waals surface area contributed by atoms with E-state index in [1.807, 2.05) is 54.6 Å². The number of halogens is 1. The van der Waals surface area contributed by atoms with E-state index in [1.54, 1.807) is 19.4 Å². The first-order valence-corrected chi connectivity index (χ1v) is 8.21. The van der Waals surface area contributed by atoms with Gasteiger partial charge in [-0.15, -0.1) is 0 Å². The van der Waals surface area contributed by atoms with Crippen LogP contribution in [0, 0.1) is 5.82 Å². The molecule has 0 saturated carbocycles. The third kappa shape index (κ3) is 2.97. The van der Waals surface area contributed by atoms with Crippen LogP contribution in [0.25, 0.3) is 33.9 Å². The van der Waals surface area contributed by atoms with E-state index in [0.29, 0.717) is 17.4 Å². The van der Waals surface area contributed by atoms with Crippen molar-refractivity contribution in [1.82, 2.24) is 4.98 Å². The standard InChI is InChI=1S/C22H16FNO2/c1-25-21-18(16-9-5-10-17(23)13-16)11-6-12-19(21)20-14-24-22(26-20)15-7-3-2-4-8-15/h2-14H,1H3. The fraction of sp³-hybridized carbons (Fsp3) is 0.0455. The molecule has 0 spiro atoms. The van der Waals surface area contributed by atoms with Crippen LogP contribution in [0.1, 0.15) is 0 Å². The number of para-hydroxylation sites is 1. The molecule has 0 aliphatic heterocycles. The molecule has 128 valence electrons. The first-order chi connectivity index (χ1) is 12.8. The number of oxazole rings is 1. The van der Waals surface area contributed by atoms with Crippen molar-refractivity contribution in [3.8, 4) is 39.7 Å². The number of hydrogen-bond donors (Lipinski definition) is 0. The van der Waals surface area contributed by atoms with Crippen LogP contribution in [-0.4, -0.2) is 12.1 Å². The van der Waals surface area contributed by atoms with E-state index in [-0.39, 0.29) is 5.82 Å². The lowest BCUT2D eigenvalue weighted by Gasteiger charge is -2.12. The Morgan fingerprint density at radius 2 is 1.58 bits per heavy atom. The quantitative estimate of drug-likeness (QED) is 0.467. The second-order valence-corrected chi connectivity index (χ2v) is 5.79. The van der Waals surface area contributed by atoms with Gasteiger partial charge in [-0.2, -0.15) is 0 Å². The van der Waals surface area contributed by atoms with Crippen LogP contribution in [-0.2, 0) is 0 Å². The van der Waals surface area contributed by atoms with Gasteiger partial charge >= 0.3 is 0 Å². The molecule has 0 fully saturated rings. The Kier molecular flexibility index (Phi) is 4.23. The monoisotopic (exact) mass is 345 g/mol. The molecule has 4 aromatic rings. The van der Waals surface area contributed by atoms with Gasteiger partial charge < -0.3 is 9.15 Å². The molecule has 1 aromatic heterocycles. The Bertz CT molecular complexity index is 1040. The maximum Gasteiger partial charge on any atom is 0.226 e. The van der Waals surface area contributed by atoms with Crippen LogP contribution in [0.15, 0.2) is 83.4 Å². The van der Waals surface area contributed by atoms with Gasteiger partial charge in [-0.05, 0) is 35.9 Å². The van der Waals surface area contributed by atoms with E-state index in [1.165, 1.54) is 12.1 Å². The summed E-state index contributed by atoms with van der Waals surface area (Å²) in [6, 6.07) is 21.8. The largest absolute Gasteiger partial charge is 0.495 e. The van der Waals surface area contributed by atoms with Crippen molar-refractivity contribution < 1.29 is 13.5 Å². The van der Waals surface area contributed by atoms with Gasteiger partial charge in [0, 0.05) is 11.1 Å². The lowest BCUT2D eigenvalue weighted by atomic mass is 10.0. The summed E-state index contributed by atoms with van der Waals surface area (Å²) >= 11 is 0. The van der Waals surface area contributed by atoms with Gasteiger partial charge in [-0.1, -0.05) is 42.5 Å². The smallest absolute Gasteiger partial charge is 0.226 e. The molecular formula is C22H16FNO2. The number of nitrogens with zero attached hydrogens (tertiary/aromatic N) is 1. The summed E-state index contributed by atoms with van der Waals surface area (Å²) in [6.07, 6.45) is 1.68. The predicted octanol–water partition coefficient (Wildman–Crippen LogP) is 5.82. The molecule has 3 nitrogen and oxygen atoms in total. The minimum Gasteiger partial charge on any atom is -0.495 e. The minimum atomic E-state index is -0.291. The van der Waals surface area contributed by atoms with E-state index in [0.717, 1.165) is 22.3 Å². The zero-order valence-electron chi connectivity index (χ0n) is 14.1. The fourth-order valence-corrected chi connectivity index (χ4v) is 2.95. The van der Waals surface area contributed by atoms with E-state index >= 15 is 0 Å². The Morgan fingerprint density at radius 1 is 0.846 bits per heavy atom. The first kappa shape index (κ1) is 16.1. The first-order valence-electron chi connectivity index (χ1n) is 8.21. The SMILES string of the molecule is COc1c(-c2cccc(F)c2)cccc1-c1cnc(-c2ccccc2)o1. The van der Waals surface area contributed by atoms with E-state index in [2.05, 4.69) is 4.98 Å². The molecule has 0 aliphatic carbocycles. The summed E-state index contributed by atoms with van der Waals surface area (Å²) in [6.45, 7) is 0. The Morgan fingerprint density at radius 3 is 2.35 bits per heavy atom. The summed E-state index contributed by atoms with van der Waals surface area (Å²) < 4.78 is 25.2. The summed E-state index contributed by atoms with van der Waals surface area (Å²) in [4.78, 5) is 4.37. The van der Waals surface area contributed by atoms with Crippen molar-refractivity contribution in [3.05, 3.63) is 84.8 Å². The zero-order chi connectivity index (χ0) is 17.9. The molecule has 0 bridgehead atoms. The Balaban J connectivity index is 1.81. The average molecular weight is 345 g/mol. The number of rotatable bonds is 4. The Labute approximate surface area is 150 Å². The van der Waals surface area contributed by atoms with Gasteiger partial charge in [0.2, 0.25) is 5.89 Å². The highest BCUT2D eigenvalue weighted by molar-refractivity contribution is 5.80. The van der Waals surface area contributed by atoms with Gasteiger partial charge in [0.1, 0.15) is 11.6 Å². The molecule has 1 heterocycles.